The van der Waals surface area contributed by atoms with E-state index in [9.17, 15) is 9.59 Å². The lowest BCUT2D eigenvalue weighted by Crippen LogP contribution is -2.60. The maximum Gasteiger partial charge on any atom is 0.254 e. The number of hydrogen-bond donors (Lipinski definition) is 1. The number of hydrogen-bond acceptors (Lipinski definition) is 5. The molecule has 0 aromatic heterocycles. The fourth-order valence-corrected chi connectivity index (χ4v) is 5.51. The molecule has 7 nitrogen and oxygen atoms in total. The van der Waals surface area contributed by atoms with Crippen LogP contribution >= 0.6 is 0 Å². The minimum atomic E-state index is -0.540. The van der Waals surface area contributed by atoms with Crippen LogP contribution in [0.4, 0.5) is 5.69 Å². The summed E-state index contributed by atoms with van der Waals surface area (Å²) in [6.45, 7) is 1.91. The quantitative estimate of drug-likeness (QED) is 0.775. The van der Waals surface area contributed by atoms with Crippen molar-refractivity contribution in [3.8, 4) is 11.5 Å². The zero-order chi connectivity index (χ0) is 22.1. The standard InChI is InChI=1S/C25H28N2O5/c1-30-13-12-27-24(29)19-7-3-2-6-18(19)22(25(27)10-4-5-11-25)23(28)26-17-8-9-20-21(16-17)32-15-14-31-20/h2-3,6-9,16,22H,4-5,10-15H2,1H3,(H,26,28)/t22-/m1/s1. The van der Waals surface area contributed by atoms with Crippen molar-refractivity contribution in [3.05, 3.63) is 53.6 Å². The smallest absolute Gasteiger partial charge is 0.254 e. The van der Waals surface area contributed by atoms with Crippen LogP contribution in [0.5, 0.6) is 11.5 Å². The molecule has 2 amide bonds. The topological polar surface area (TPSA) is 77.1 Å². The molecule has 2 aromatic rings. The average molecular weight is 437 g/mol. The lowest BCUT2D eigenvalue weighted by molar-refractivity contribution is -0.121. The summed E-state index contributed by atoms with van der Waals surface area (Å²) in [4.78, 5) is 29.2. The minimum Gasteiger partial charge on any atom is -0.486 e. The first kappa shape index (κ1) is 20.8. The zero-order valence-corrected chi connectivity index (χ0v) is 18.3. The molecule has 1 saturated carbocycles. The van der Waals surface area contributed by atoms with E-state index in [0.29, 0.717) is 49.1 Å². The van der Waals surface area contributed by atoms with E-state index in [1.165, 1.54) is 0 Å². The third-order valence-corrected chi connectivity index (χ3v) is 6.88. The highest BCUT2D eigenvalue weighted by Crippen LogP contribution is 2.50. The fourth-order valence-electron chi connectivity index (χ4n) is 5.51. The molecule has 1 aliphatic carbocycles. The van der Waals surface area contributed by atoms with Crippen LogP contribution in [0, 0.1) is 0 Å². The second kappa shape index (κ2) is 8.47. The van der Waals surface area contributed by atoms with Gasteiger partial charge in [0.25, 0.3) is 5.91 Å². The van der Waals surface area contributed by atoms with Crippen LogP contribution in [0.25, 0.3) is 0 Å². The Hall–Kier alpha value is -3.06. The van der Waals surface area contributed by atoms with Gasteiger partial charge in [0.15, 0.2) is 11.5 Å². The molecule has 0 radical (unpaired) electrons. The molecule has 3 aliphatic rings. The Labute approximate surface area is 187 Å². The predicted molar refractivity (Wildman–Crippen MR) is 119 cm³/mol. The maximum atomic E-state index is 13.8. The average Bonchev–Trinajstić information content (AvgIpc) is 3.29. The van der Waals surface area contributed by atoms with Crippen molar-refractivity contribution in [2.45, 2.75) is 37.1 Å². The first-order valence-electron chi connectivity index (χ1n) is 11.2. The molecule has 168 valence electrons. The molecule has 1 N–H and O–H groups in total. The number of carbonyl (C=O) groups is 2. The molecular weight excluding hydrogens is 408 g/mol. The molecule has 2 aromatic carbocycles. The van der Waals surface area contributed by atoms with Crippen LogP contribution in [0.3, 0.4) is 0 Å². The second-order valence-corrected chi connectivity index (χ2v) is 8.63. The molecule has 2 heterocycles. The number of fused-ring (bicyclic) bond motifs is 2. The molecule has 32 heavy (non-hydrogen) atoms. The van der Waals surface area contributed by atoms with E-state index in [4.69, 9.17) is 14.2 Å². The number of carbonyl (C=O) groups excluding carboxylic acids is 2. The first-order valence-corrected chi connectivity index (χ1v) is 11.2. The largest absolute Gasteiger partial charge is 0.486 e. The molecule has 7 heteroatoms. The Kier molecular flexibility index (Phi) is 5.51. The number of anilines is 1. The molecule has 5 rings (SSSR count). The van der Waals surface area contributed by atoms with Crippen molar-refractivity contribution < 1.29 is 23.8 Å². The van der Waals surface area contributed by atoms with Crippen molar-refractivity contribution in [2.75, 3.05) is 38.8 Å². The summed E-state index contributed by atoms with van der Waals surface area (Å²) in [6.07, 6.45) is 3.59. The van der Waals surface area contributed by atoms with Crippen molar-refractivity contribution in [2.24, 2.45) is 0 Å². The van der Waals surface area contributed by atoms with Gasteiger partial charge in [0.1, 0.15) is 13.2 Å². The molecule has 0 bridgehead atoms. The third kappa shape index (κ3) is 3.41. The van der Waals surface area contributed by atoms with E-state index in [1.54, 1.807) is 13.2 Å². The van der Waals surface area contributed by atoms with E-state index in [-0.39, 0.29) is 11.8 Å². The van der Waals surface area contributed by atoms with Gasteiger partial charge in [-0.05, 0) is 36.6 Å². The van der Waals surface area contributed by atoms with Crippen molar-refractivity contribution in [3.63, 3.8) is 0 Å². The SMILES string of the molecule is COCCN1C(=O)c2ccccc2[C@H](C(=O)Nc2ccc3c(c2)OCCO3)C12CCCC2. The van der Waals surface area contributed by atoms with E-state index in [1.807, 2.05) is 41.3 Å². The molecule has 0 unspecified atom stereocenters. The molecule has 1 atom stereocenters. The zero-order valence-electron chi connectivity index (χ0n) is 18.3. The first-order chi connectivity index (χ1) is 15.6. The van der Waals surface area contributed by atoms with Gasteiger partial charge >= 0.3 is 0 Å². The van der Waals surface area contributed by atoms with Crippen molar-refractivity contribution in [1.82, 2.24) is 4.90 Å². The highest BCUT2D eigenvalue weighted by atomic mass is 16.6. The number of ether oxygens (including phenoxy) is 3. The summed E-state index contributed by atoms with van der Waals surface area (Å²) in [7, 11) is 1.63. The van der Waals surface area contributed by atoms with Gasteiger partial charge in [0.2, 0.25) is 5.91 Å². The lowest BCUT2D eigenvalue weighted by atomic mass is 9.71. The molecular formula is C25H28N2O5. The molecule has 1 fully saturated rings. The summed E-state index contributed by atoms with van der Waals surface area (Å²) in [6, 6.07) is 13.0. The fraction of sp³-hybridized carbons (Fsp3) is 0.440. The Bertz CT molecular complexity index is 1030. The number of methoxy groups -OCH3 is 1. The maximum absolute atomic E-state index is 13.8. The van der Waals surface area contributed by atoms with Crippen molar-refractivity contribution >= 4 is 17.5 Å². The van der Waals surface area contributed by atoms with Gasteiger partial charge in [-0.3, -0.25) is 9.59 Å². The van der Waals surface area contributed by atoms with Crippen LogP contribution < -0.4 is 14.8 Å². The van der Waals surface area contributed by atoms with Gasteiger partial charge in [-0.1, -0.05) is 31.0 Å². The summed E-state index contributed by atoms with van der Waals surface area (Å²) in [5.74, 6) is 0.740. The van der Waals surface area contributed by atoms with E-state index in [0.717, 1.165) is 31.2 Å². The van der Waals surface area contributed by atoms with Crippen LogP contribution in [0.2, 0.25) is 0 Å². The monoisotopic (exact) mass is 436 g/mol. The van der Waals surface area contributed by atoms with E-state index in [2.05, 4.69) is 5.32 Å². The van der Waals surface area contributed by atoms with Gasteiger partial charge in [-0.15, -0.1) is 0 Å². The second-order valence-electron chi connectivity index (χ2n) is 8.63. The van der Waals surface area contributed by atoms with Gasteiger partial charge in [0.05, 0.1) is 18.1 Å². The van der Waals surface area contributed by atoms with Gasteiger partial charge < -0.3 is 24.4 Å². The highest BCUT2D eigenvalue weighted by Gasteiger charge is 2.55. The lowest BCUT2D eigenvalue weighted by Gasteiger charge is -2.50. The van der Waals surface area contributed by atoms with Crippen LogP contribution in [0.1, 0.15) is 47.5 Å². The number of benzene rings is 2. The number of nitrogens with one attached hydrogen (secondary N) is 1. The van der Waals surface area contributed by atoms with Crippen molar-refractivity contribution in [1.29, 1.82) is 0 Å². The van der Waals surface area contributed by atoms with Crippen LogP contribution in [-0.2, 0) is 9.53 Å². The van der Waals surface area contributed by atoms with E-state index >= 15 is 0 Å². The summed E-state index contributed by atoms with van der Waals surface area (Å²) in [5.41, 5.74) is 1.53. The summed E-state index contributed by atoms with van der Waals surface area (Å²) >= 11 is 0. The highest BCUT2D eigenvalue weighted by molar-refractivity contribution is 6.05. The Morgan fingerprint density at radius 3 is 2.66 bits per heavy atom. The molecule has 1 spiro atoms. The van der Waals surface area contributed by atoms with Gasteiger partial charge in [0, 0.05) is 31.0 Å². The third-order valence-electron chi connectivity index (χ3n) is 6.88. The normalized spacial score (nSPS) is 20.8. The Morgan fingerprint density at radius 1 is 1.12 bits per heavy atom. The number of amides is 2. The minimum absolute atomic E-state index is 0.0112. The number of rotatable bonds is 5. The number of nitrogens with zero attached hydrogens (tertiary/aromatic N) is 1. The summed E-state index contributed by atoms with van der Waals surface area (Å²) in [5, 5.41) is 3.10. The Balaban J connectivity index is 1.53. The van der Waals surface area contributed by atoms with Crippen LogP contribution in [-0.4, -0.2) is 55.7 Å². The van der Waals surface area contributed by atoms with Gasteiger partial charge in [-0.25, -0.2) is 0 Å². The van der Waals surface area contributed by atoms with Crippen LogP contribution in [0.15, 0.2) is 42.5 Å². The van der Waals surface area contributed by atoms with E-state index < -0.39 is 11.5 Å². The molecule has 0 saturated heterocycles. The predicted octanol–water partition coefficient (Wildman–Crippen LogP) is 3.60. The summed E-state index contributed by atoms with van der Waals surface area (Å²) < 4.78 is 16.6. The molecule has 2 aliphatic heterocycles. The Morgan fingerprint density at radius 2 is 1.88 bits per heavy atom. The van der Waals surface area contributed by atoms with Gasteiger partial charge in [-0.2, -0.15) is 0 Å².